The SMILES string of the molecule is CCN1CC[C@@H](NC[C@@H]2CC(=O)N(CCOC)[C@H]2c2cnn(C)c2C)[C@@H](C)C1. The molecule has 1 aromatic rings. The number of hydrogen-bond donors (Lipinski definition) is 1. The number of amides is 1. The van der Waals surface area contributed by atoms with Crippen molar-refractivity contribution in [1.29, 1.82) is 0 Å². The summed E-state index contributed by atoms with van der Waals surface area (Å²) in [5, 5.41) is 8.25. The highest BCUT2D eigenvalue weighted by Gasteiger charge is 2.42. The third-order valence-corrected chi connectivity index (χ3v) is 6.75. The zero-order valence-corrected chi connectivity index (χ0v) is 18.1. The highest BCUT2D eigenvalue weighted by Crippen LogP contribution is 2.39. The number of carbonyl (C=O) groups is 1. The molecule has 0 radical (unpaired) electrons. The van der Waals surface area contributed by atoms with Gasteiger partial charge in [-0.1, -0.05) is 13.8 Å². The predicted molar refractivity (Wildman–Crippen MR) is 110 cm³/mol. The average molecular weight is 392 g/mol. The van der Waals surface area contributed by atoms with E-state index >= 15 is 0 Å². The molecule has 3 heterocycles. The van der Waals surface area contributed by atoms with Crippen LogP contribution in [-0.4, -0.2) is 78.0 Å². The predicted octanol–water partition coefficient (Wildman–Crippen LogP) is 1.58. The molecular weight excluding hydrogens is 354 g/mol. The lowest BCUT2D eigenvalue weighted by atomic mass is 9.90. The van der Waals surface area contributed by atoms with E-state index in [1.165, 1.54) is 12.0 Å². The smallest absolute Gasteiger partial charge is 0.223 e. The van der Waals surface area contributed by atoms with Gasteiger partial charge in [-0.2, -0.15) is 5.10 Å². The number of nitrogens with one attached hydrogen (secondary N) is 1. The first kappa shape index (κ1) is 21.3. The van der Waals surface area contributed by atoms with Crippen molar-refractivity contribution in [3.05, 3.63) is 17.5 Å². The second-order valence-corrected chi connectivity index (χ2v) is 8.47. The Balaban J connectivity index is 1.71. The molecule has 158 valence electrons. The van der Waals surface area contributed by atoms with E-state index in [0.717, 1.165) is 31.9 Å². The van der Waals surface area contributed by atoms with E-state index in [-0.39, 0.29) is 17.9 Å². The molecule has 1 N–H and O–H groups in total. The van der Waals surface area contributed by atoms with Crippen LogP contribution in [0.25, 0.3) is 0 Å². The van der Waals surface area contributed by atoms with Crippen LogP contribution in [0.1, 0.15) is 44.0 Å². The van der Waals surface area contributed by atoms with Gasteiger partial charge in [-0.05, 0) is 32.4 Å². The molecule has 28 heavy (non-hydrogen) atoms. The van der Waals surface area contributed by atoms with Crippen LogP contribution in [0.3, 0.4) is 0 Å². The standard InChI is InChI=1S/C21H37N5O2/c1-6-25-8-7-19(15(2)14-25)22-12-17-11-20(27)26(9-10-28-5)21(17)18-13-23-24(4)16(18)3/h13,15,17,19,21-22H,6-12,14H2,1-5H3/t15-,17-,19+,21+/m0/s1. The van der Waals surface area contributed by atoms with E-state index < -0.39 is 0 Å². The van der Waals surface area contributed by atoms with Crippen LogP contribution in [0.2, 0.25) is 0 Å². The maximum atomic E-state index is 12.8. The van der Waals surface area contributed by atoms with E-state index in [1.807, 2.05) is 22.8 Å². The maximum absolute atomic E-state index is 12.8. The molecule has 7 nitrogen and oxygen atoms in total. The van der Waals surface area contributed by atoms with Gasteiger partial charge < -0.3 is 19.9 Å². The fourth-order valence-electron chi connectivity index (χ4n) is 4.85. The van der Waals surface area contributed by atoms with Crippen LogP contribution in [0.5, 0.6) is 0 Å². The van der Waals surface area contributed by atoms with Gasteiger partial charge in [-0.3, -0.25) is 9.48 Å². The Kier molecular flexibility index (Phi) is 7.12. The molecule has 2 fully saturated rings. The van der Waals surface area contributed by atoms with Crippen molar-refractivity contribution in [1.82, 2.24) is 24.9 Å². The second-order valence-electron chi connectivity index (χ2n) is 8.47. The molecule has 1 amide bonds. The summed E-state index contributed by atoms with van der Waals surface area (Å²) in [5.41, 5.74) is 2.31. The van der Waals surface area contributed by atoms with Crippen LogP contribution in [-0.2, 0) is 16.6 Å². The van der Waals surface area contributed by atoms with E-state index in [0.29, 0.717) is 31.5 Å². The zero-order valence-electron chi connectivity index (χ0n) is 18.1. The first-order valence-corrected chi connectivity index (χ1v) is 10.7. The molecular formula is C21H37N5O2. The minimum absolute atomic E-state index is 0.0786. The van der Waals surface area contributed by atoms with E-state index in [2.05, 4.69) is 36.1 Å². The molecule has 2 aliphatic rings. The minimum Gasteiger partial charge on any atom is -0.383 e. The first-order chi connectivity index (χ1) is 13.5. The van der Waals surface area contributed by atoms with Gasteiger partial charge in [0.25, 0.3) is 0 Å². The lowest BCUT2D eigenvalue weighted by Gasteiger charge is -2.38. The first-order valence-electron chi connectivity index (χ1n) is 10.7. The summed E-state index contributed by atoms with van der Waals surface area (Å²) in [4.78, 5) is 17.3. The van der Waals surface area contributed by atoms with Crippen LogP contribution >= 0.6 is 0 Å². The van der Waals surface area contributed by atoms with Crippen molar-refractivity contribution < 1.29 is 9.53 Å². The number of carbonyl (C=O) groups excluding carboxylic acids is 1. The normalized spacial score (nSPS) is 29.0. The molecule has 0 bridgehead atoms. The van der Waals surface area contributed by atoms with Gasteiger partial charge in [0.1, 0.15) is 0 Å². The number of methoxy groups -OCH3 is 1. The van der Waals surface area contributed by atoms with E-state index in [9.17, 15) is 4.79 Å². The summed E-state index contributed by atoms with van der Waals surface area (Å²) < 4.78 is 7.16. The quantitative estimate of drug-likeness (QED) is 0.729. The lowest BCUT2D eigenvalue weighted by molar-refractivity contribution is -0.129. The molecule has 0 unspecified atom stereocenters. The largest absolute Gasteiger partial charge is 0.383 e. The number of piperidine rings is 1. The molecule has 3 rings (SSSR count). The number of aryl methyl sites for hydroxylation is 1. The minimum atomic E-state index is 0.0786. The zero-order chi connectivity index (χ0) is 20.3. The van der Waals surface area contributed by atoms with Gasteiger partial charge in [-0.25, -0.2) is 0 Å². The van der Waals surface area contributed by atoms with Crippen molar-refractivity contribution in [2.45, 2.75) is 45.7 Å². The number of nitrogens with zero attached hydrogens (tertiary/aromatic N) is 4. The molecule has 0 aromatic carbocycles. The van der Waals surface area contributed by atoms with Crippen LogP contribution < -0.4 is 5.32 Å². The summed E-state index contributed by atoms with van der Waals surface area (Å²) >= 11 is 0. The Hall–Kier alpha value is -1.44. The lowest BCUT2D eigenvalue weighted by Crippen LogP contribution is -2.49. The van der Waals surface area contributed by atoms with Gasteiger partial charge >= 0.3 is 0 Å². The Labute approximate surface area is 169 Å². The van der Waals surface area contributed by atoms with Crippen LogP contribution in [0.15, 0.2) is 6.20 Å². The summed E-state index contributed by atoms with van der Waals surface area (Å²) in [5.74, 6) is 1.13. The van der Waals surface area contributed by atoms with Gasteiger partial charge in [0.05, 0.1) is 18.8 Å². The van der Waals surface area contributed by atoms with Crippen LogP contribution in [0.4, 0.5) is 0 Å². The Morgan fingerprint density at radius 3 is 2.79 bits per heavy atom. The van der Waals surface area contributed by atoms with Gasteiger partial charge in [0.15, 0.2) is 0 Å². The molecule has 2 aliphatic heterocycles. The van der Waals surface area contributed by atoms with Gasteiger partial charge in [0, 0.05) is 63.4 Å². The molecule has 0 spiro atoms. The molecule has 1 aromatic heterocycles. The highest BCUT2D eigenvalue weighted by atomic mass is 16.5. The van der Waals surface area contributed by atoms with Gasteiger partial charge in [0.2, 0.25) is 5.91 Å². The van der Waals surface area contributed by atoms with Crippen molar-refractivity contribution in [2.24, 2.45) is 18.9 Å². The Morgan fingerprint density at radius 1 is 1.39 bits per heavy atom. The number of hydrogen-bond acceptors (Lipinski definition) is 5. The third-order valence-electron chi connectivity index (χ3n) is 6.75. The molecule has 4 atom stereocenters. The van der Waals surface area contributed by atoms with Crippen LogP contribution in [0, 0.1) is 18.8 Å². The molecule has 2 saturated heterocycles. The summed E-state index contributed by atoms with van der Waals surface area (Å²) in [7, 11) is 3.65. The summed E-state index contributed by atoms with van der Waals surface area (Å²) in [6, 6.07) is 0.608. The number of ether oxygens (including phenoxy) is 1. The fourth-order valence-corrected chi connectivity index (χ4v) is 4.85. The number of likely N-dealkylation sites (tertiary alicyclic amines) is 2. The maximum Gasteiger partial charge on any atom is 0.223 e. The Bertz CT molecular complexity index is 661. The topological polar surface area (TPSA) is 62.6 Å². The molecule has 0 aliphatic carbocycles. The average Bonchev–Trinajstić information content (AvgIpc) is 3.17. The molecule has 0 saturated carbocycles. The van der Waals surface area contributed by atoms with Crippen molar-refractivity contribution >= 4 is 5.91 Å². The Morgan fingerprint density at radius 2 is 2.18 bits per heavy atom. The van der Waals surface area contributed by atoms with Crippen molar-refractivity contribution in [3.8, 4) is 0 Å². The third kappa shape index (κ3) is 4.42. The molecule has 7 heteroatoms. The number of aromatic nitrogens is 2. The van der Waals surface area contributed by atoms with Gasteiger partial charge in [-0.15, -0.1) is 0 Å². The fraction of sp³-hybridized carbons (Fsp3) is 0.810. The second kappa shape index (κ2) is 9.37. The van der Waals surface area contributed by atoms with E-state index in [4.69, 9.17) is 4.74 Å². The monoisotopic (exact) mass is 391 g/mol. The van der Waals surface area contributed by atoms with Crippen molar-refractivity contribution in [3.63, 3.8) is 0 Å². The number of rotatable bonds is 8. The van der Waals surface area contributed by atoms with E-state index in [1.54, 1.807) is 7.11 Å². The highest BCUT2D eigenvalue weighted by molar-refractivity contribution is 5.79. The summed E-state index contributed by atoms with van der Waals surface area (Å²) in [6.45, 7) is 12.2. The summed E-state index contributed by atoms with van der Waals surface area (Å²) in [6.07, 6.45) is 3.71. The van der Waals surface area contributed by atoms with Crippen molar-refractivity contribution in [2.75, 3.05) is 46.4 Å².